The molecule has 0 aliphatic carbocycles. The van der Waals surface area contributed by atoms with Crippen LogP contribution in [0.3, 0.4) is 0 Å². The third-order valence-corrected chi connectivity index (χ3v) is 4.78. The predicted molar refractivity (Wildman–Crippen MR) is 118 cm³/mol. The molecule has 0 radical (unpaired) electrons. The number of nitrogens with one attached hydrogen (secondary N) is 1. The van der Waals surface area contributed by atoms with Crippen LogP contribution in [0.2, 0.25) is 0 Å². The fraction of sp³-hybridized carbons (Fsp3) is 0.167. The molecule has 154 valence electrons. The number of hydrogen-bond acceptors (Lipinski definition) is 5. The number of carbonyl (C=O) groups is 2. The summed E-state index contributed by atoms with van der Waals surface area (Å²) in [5.41, 5.74) is 2.52. The minimum atomic E-state index is -0.938. The van der Waals surface area contributed by atoms with Crippen molar-refractivity contribution in [2.75, 3.05) is 5.75 Å². The monoisotopic (exact) mass is 421 g/mol. The topological polar surface area (TPSA) is 64.6 Å². The van der Waals surface area contributed by atoms with E-state index in [4.69, 9.17) is 9.47 Å². The van der Waals surface area contributed by atoms with E-state index in [0.717, 1.165) is 16.7 Å². The van der Waals surface area contributed by atoms with Crippen molar-refractivity contribution in [2.24, 2.45) is 0 Å². The van der Waals surface area contributed by atoms with E-state index in [2.05, 4.69) is 17.9 Å². The first-order valence-corrected chi connectivity index (χ1v) is 10.2. The van der Waals surface area contributed by atoms with Crippen molar-refractivity contribution >= 4 is 24.7 Å². The molecule has 5 nitrogen and oxygen atoms in total. The van der Waals surface area contributed by atoms with Gasteiger partial charge in [0.1, 0.15) is 12.6 Å². The predicted octanol–water partition coefficient (Wildman–Crippen LogP) is 4.54. The number of ether oxygens (including phenoxy) is 2. The second-order valence-corrected chi connectivity index (χ2v) is 6.94. The minimum Gasteiger partial charge on any atom is -0.451 e. The second-order valence-electron chi connectivity index (χ2n) is 6.58. The van der Waals surface area contributed by atoms with Gasteiger partial charge in [-0.05, 0) is 16.7 Å². The van der Waals surface area contributed by atoms with Crippen molar-refractivity contribution in [2.45, 2.75) is 18.8 Å². The van der Waals surface area contributed by atoms with Crippen LogP contribution in [0.5, 0.6) is 0 Å². The zero-order chi connectivity index (χ0) is 21.2. The van der Waals surface area contributed by atoms with Crippen molar-refractivity contribution in [1.29, 1.82) is 0 Å². The van der Waals surface area contributed by atoms with Gasteiger partial charge in [-0.15, -0.1) is 0 Å². The fourth-order valence-corrected chi connectivity index (χ4v) is 3.11. The van der Waals surface area contributed by atoms with E-state index in [1.165, 1.54) is 0 Å². The van der Waals surface area contributed by atoms with E-state index in [0.29, 0.717) is 0 Å². The Morgan fingerprint density at radius 3 is 1.80 bits per heavy atom. The zero-order valence-corrected chi connectivity index (χ0v) is 17.2. The molecule has 0 saturated carbocycles. The summed E-state index contributed by atoms with van der Waals surface area (Å²) in [4.78, 5) is 24.9. The number of rotatable bonds is 8. The third kappa shape index (κ3) is 6.12. The smallest absolute Gasteiger partial charge is 0.408 e. The van der Waals surface area contributed by atoms with Gasteiger partial charge in [0, 0.05) is 5.75 Å². The van der Waals surface area contributed by atoms with Gasteiger partial charge >= 0.3 is 12.1 Å². The molecule has 3 aromatic rings. The summed E-state index contributed by atoms with van der Waals surface area (Å²) in [6, 6.07) is 27.3. The summed E-state index contributed by atoms with van der Waals surface area (Å²) in [6.07, 6.45) is -1.30. The van der Waals surface area contributed by atoms with Gasteiger partial charge in [-0.2, -0.15) is 12.6 Å². The normalized spacial score (nSPS) is 11.5. The molecule has 3 aromatic carbocycles. The maximum atomic E-state index is 12.8. The number of amides is 1. The molecule has 0 spiro atoms. The molecule has 1 N–H and O–H groups in total. The molecule has 3 rings (SSSR count). The van der Waals surface area contributed by atoms with Gasteiger partial charge in [0.2, 0.25) is 0 Å². The molecule has 0 saturated heterocycles. The molecular formula is C24H23NO4S. The first kappa shape index (κ1) is 21.5. The highest BCUT2D eigenvalue weighted by Crippen LogP contribution is 2.26. The Hall–Kier alpha value is -3.25. The van der Waals surface area contributed by atoms with Crippen molar-refractivity contribution < 1.29 is 19.1 Å². The van der Waals surface area contributed by atoms with Crippen molar-refractivity contribution in [1.82, 2.24) is 5.32 Å². The molecular weight excluding hydrogens is 398 g/mol. The van der Waals surface area contributed by atoms with E-state index in [-0.39, 0.29) is 12.4 Å². The lowest BCUT2D eigenvalue weighted by Crippen LogP contribution is -2.43. The molecule has 0 aromatic heterocycles. The summed E-state index contributed by atoms with van der Waals surface area (Å²) < 4.78 is 11.0. The Morgan fingerprint density at radius 2 is 1.30 bits per heavy atom. The average Bonchev–Trinajstić information content (AvgIpc) is 2.81. The second kappa shape index (κ2) is 11.1. The number of carbonyl (C=O) groups excluding carboxylic acids is 2. The highest BCUT2D eigenvalue weighted by atomic mass is 32.1. The number of esters is 1. The highest BCUT2D eigenvalue weighted by Gasteiger charge is 2.26. The SMILES string of the molecule is O=C(N[C@@H](CS)C(=O)OC(c1ccccc1)c1ccccc1)OCc1ccccc1. The Kier molecular flexibility index (Phi) is 7.92. The lowest BCUT2D eigenvalue weighted by molar-refractivity contribution is -0.149. The molecule has 30 heavy (non-hydrogen) atoms. The third-order valence-electron chi connectivity index (χ3n) is 4.41. The molecule has 0 heterocycles. The molecule has 0 aliphatic rings. The Morgan fingerprint density at radius 1 is 0.800 bits per heavy atom. The van der Waals surface area contributed by atoms with Gasteiger partial charge in [-0.25, -0.2) is 9.59 Å². The maximum Gasteiger partial charge on any atom is 0.408 e. The van der Waals surface area contributed by atoms with Crippen molar-refractivity contribution in [3.63, 3.8) is 0 Å². The van der Waals surface area contributed by atoms with Crippen LogP contribution in [0, 0.1) is 0 Å². The van der Waals surface area contributed by atoms with E-state index in [1.54, 1.807) is 0 Å². The molecule has 0 fully saturated rings. The van der Waals surface area contributed by atoms with E-state index < -0.39 is 24.2 Å². The quantitative estimate of drug-likeness (QED) is 0.414. The van der Waals surface area contributed by atoms with Crippen LogP contribution in [-0.4, -0.2) is 23.9 Å². The van der Waals surface area contributed by atoms with Crippen LogP contribution in [0.1, 0.15) is 22.8 Å². The molecule has 0 unspecified atom stereocenters. The standard InChI is InChI=1S/C24H23NO4S/c26-23(21(17-30)25-24(27)28-16-18-10-4-1-5-11-18)29-22(19-12-6-2-7-13-19)20-14-8-3-9-15-20/h1-15,21-22,30H,16-17H2,(H,25,27)/t21-/m0/s1. The van der Waals surface area contributed by atoms with Gasteiger partial charge < -0.3 is 14.8 Å². The highest BCUT2D eigenvalue weighted by molar-refractivity contribution is 7.80. The Bertz CT molecular complexity index is 896. The van der Waals surface area contributed by atoms with Gasteiger partial charge in [0.15, 0.2) is 6.10 Å². The Labute approximate surface area is 181 Å². The summed E-state index contributed by atoms with van der Waals surface area (Å²) in [5, 5.41) is 2.53. The first-order valence-electron chi connectivity index (χ1n) is 9.56. The van der Waals surface area contributed by atoms with Crippen LogP contribution in [0.25, 0.3) is 0 Å². The minimum absolute atomic E-state index is 0.0789. The number of alkyl carbamates (subject to hydrolysis) is 1. The van der Waals surface area contributed by atoms with E-state index >= 15 is 0 Å². The summed E-state index contributed by atoms with van der Waals surface area (Å²) in [7, 11) is 0. The van der Waals surface area contributed by atoms with Crippen LogP contribution in [-0.2, 0) is 20.9 Å². The first-order chi connectivity index (χ1) is 14.7. The number of thiol groups is 1. The summed E-state index contributed by atoms with van der Waals surface area (Å²) >= 11 is 4.19. The van der Waals surface area contributed by atoms with Crippen LogP contribution >= 0.6 is 12.6 Å². The molecule has 1 amide bonds. The average molecular weight is 422 g/mol. The van der Waals surface area contributed by atoms with Gasteiger partial charge in [-0.1, -0.05) is 91.0 Å². The van der Waals surface area contributed by atoms with Crippen LogP contribution in [0.4, 0.5) is 4.79 Å². The number of benzene rings is 3. The molecule has 0 bridgehead atoms. The van der Waals surface area contributed by atoms with Gasteiger partial charge in [-0.3, -0.25) is 0 Å². The van der Waals surface area contributed by atoms with Crippen molar-refractivity contribution in [3.05, 3.63) is 108 Å². The molecule has 6 heteroatoms. The lowest BCUT2D eigenvalue weighted by atomic mass is 10.0. The maximum absolute atomic E-state index is 12.8. The summed E-state index contributed by atoms with van der Waals surface area (Å²) in [5.74, 6) is -0.505. The zero-order valence-electron chi connectivity index (χ0n) is 16.3. The van der Waals surface area contributed by atoms with Crippen LogP contribution < -0.4 is 5.32 Å². The van der Waals surface area contributed by atoms with E-state index in [1.807, 2.05) is 91.0 Å². The van der Waals surface area contributed by atoms with Crippen LogP contribution in [0.15, 0.2) is 91.0 Å². The van der Waals surface area contributed by atoms with Gasteiger partial charge in [0.25, 0.3) is 0 Å². The lowest BCUT2D eigenvalue weighted by Gasteiger charge is -2.22. The van der Waals surface area contributed by atoms with Crippen molar-refractivity contribution in [3.8, 4) is 0 Å². The van der Waals surface area contributed by atoms with E-state index in [9.17, 15) is 9.59 Å². The van der Waals surface area contributed by atoms with Gasteiger partial charge in [0.05, 0.1) is 0 Å². The largest absolute Gasteiger partial charge is 0.451 e. The number of hydrogen-bond donors (Lipinski definition) is 2. The Balaban J connectivity index is 1.65. The fourth-order valence-electron chi connectivity index (χ4n) is 2.87. The molecule has 0 aliphatic heterocycles. The molecule has 1 atom stereocenters. The summed E-state index contributed by atoms with van der Waals surface area (Å²) in [6.45, 7) is 0.109.